The van der Waals surface area contributed by atoms with Crippen LogP contribution in [0.2, 0.25) is 0 Å². The van der Waals surface area contributed by atoms with Crippen LogP contribution in [0.5, 0.6) is 0 Å². The lowest BCUT2D eigenvalue weighted by Gasteiger charge is -2.09. The maximum Gasteiger partial charge on any atom is 0.263 e. The van der Waals surface area contributed by atoms with Gasteiger partial charge >= 0.3 is 0 Å². The number of carbonyl (C=O) groups excluding carboxylic acids is 1. The van der Waals surface area contributed by atoms with Gasteiger partial charge in [-0.05, 0) is 12.3 Å². The van der Waals surface area contributed by atoms with Crippen LogP contribution in [-0.4, -0.2) is 38.4 Å². The molecule has 0 aliphatic carbocycles. The molecule has 0 aromatic heterocycles. The van der Waals surface area contributed by atoms with Crippen molar-refractivity contribution in [2.75, 3.05) is 18.1 Å². The van der Waals surface area contributed by atoms with Crippen molar-refractivity contribution in [2.24, 2.45) is 5.92 Å². The van der Waals surface area contributed by atoms with Gasteiger partial charge in [-0.15, -0.1) is 0 Å². The van der Waals surface area contributed by atoms with Gasteiger partial charge in [-0.3, -0.25) is 4.79 Å². The second-order valence-corrected chi connectivity index (χ2v) is 7.27. The van der Waals surface area contributed by atoms with Crippen LogP contribution in [0.3, 0.4) is 0 Å². The SMILES string of the molecule is CC(C)CNC(=O)/C(C#N)=C\NC1CCS(=O)(=O)C1. The summed E-state index contributed by atoms with van der Waals surface area (Å²) in [5.74, 6) is 0.0665. The van der Waals surface area contributed by atoms with Crippen LogP contribution >= 0.6 is 0 Å². The Morgan fingerprint density at radius 1 is 1.53 bits per heavy atom. The first-order chi connectivity index (χ1) is 8.84. The Labute approximate surface area is 113 Å². The molecular weight excluding hydrogens is 266 g/mol. The van der Waals surface area contributed by atoms with Crippen LogP contribution in [-0.2, 0) is 14.6 Å². The first-order valence-electron chi connectivity index (χ1n) is 6.19. The molecule has 1 heterocycles. The highest BCUT2D eigenvalue weighted by atomic mass is 32.2. The van der Waals surface area contributed by atoms with Gasteiger partial charge < -0.3 is 10.6 Å². The summed E-state index contributed by atoms with van der Waals surface area (Å²) in [7, 11) is -2.97. The fourth-order valence-corrected chi connectivity index (χ4v) is 3.35. The predicted molar refractivity (Wildman–Crippen MR) is 71.7 cm³/mol. The third-order valence-electron chi connectivity index (χ3n) is 2.73. The standard InChI is InChI=1S/C12H19N3O3S/c1-9(2)6-15-12(16)10(5-13)7-14-11-3-4-19(17,18)8-11/h7,9,11,14H,3-4,6,8H2,1-2H3,(H,15,16)/b10-7-. The first-order valence-corrected chi connectivity index (χ1v) is 8.01. The van der Waals surface area contributed by atoms with E-state index in [1.165, 1.54) is 6.20 Å². The topological polar surface area (TPSA) is 99.1 Å². The average Bonchev–Trinajstić information content (AvgIpc) is 2.67. The molecule has 1 unspecified atom stereocenters. The van der Waals surface area contributed by atoms with E-state index in [9.17, 15) is 13.2 Å². The average molecular weight is 285 g/mol. The third-order valence-corrected chi connectivity index (χ3v) is 4.50. The summed E-state index contributed by atoms with van der Waals surface area (Å²) in [6.07, 6.45) is 1.81. The number of hydrogen-bond acceptors (Lipinski definition) is 5. The summed E-state index contributed by atoms with van der Waals surface area (Å²) in [6.45, 7) is 4.41. The molecule has 19 heavy (non-hydrogen) atoms. The van der Waals surface area contributed by atoms with E-state index < -0.39 is 15.7 Å². The molecule has 1 fully saturated rings. The molecule has 0 radical (unpaired) electrons. The summed E-state index contributed by atoms with van der Waals surface area (Å²) in [5.41, 5.74) is -0.0371. The molecule has 7 heteroatoms. The number of nitrogens with zero attached hydrogens (tertiary/aromatic N) is 1. The van der Waals surface area contributed by atoms with Gasteiger partial charge in [-0.1, -0.05) is 13.8 Å². The van der Waals surface area contributed by atoms with Crippen molar-refractivity contribution in [2.45, 2.75) is 26.3 Å². The summed E-state index contributed by atoms with van der Waals surface area (Å²) in [5, 5.41) is 14.4. The molecule has 2 N–H and O–H groups in total. The smallest absolute Gasteiger partial charge is 0.263 e. The molecule has 1 amide bonds. The monoisotopic (exact) mass is 285 g/mol. The highest BCUT2D eigenvalue weighted by Gasteiger charge is 2.27. The fourth-order valence-electron chi connectivity index (χ4n) is 1.67. The molecule has 0 aromatic rings. The molecule has 0 aromatic carbocycles. The van der Waals surface area contributed by atoms with Crippen LogP contribution in [0.4, 0.5) is 0 Å². The zero-order valence-electron chi connectivity index (χ0n) is 11.1. The maximum absolute atomic E-state index is 11.7. The van der Waals surface area contributed by atoms with E-state index in [1.807, 2.05) is 19.9 Å². The summed E-state index contributed by atoms with van der Waals surface area (Å²) in [6, 6.07) is 1.59. The predicted octanol–water partition coefficient (Wildman–Crippen LogP) is -0.0572. The van der Waals surface area contributed by atoms with Crippen LogP contribution in [0.1, 0.15) is 20.3 Å². The Kier molecular flexibility index (Phi) is 5.36. The molecule has 0 bridgehead atoms. The third kappa shape index (κ3) is 5.30. The minimum absolute atomic E-state index is 0.0371. The molecule has 1 aliphatic rings. The van der Waals surface area contributed by atoms with E-state index in [4.69, 9.17) is 5.26 Å². The number of carbonyl (C=O) groups is 1. The molecule has 0 spiro atoms. The highest BCUT2D eigenvalue weighted by Crippen LogP contribution is 2.11. The van der Waals surface area contributed by atoms with Crippen LogP contribution in [0.15, 0.2) is 11.8 Å². The minimum Gasteiger partial charge on any atom is -0.386 e. The molecule has 1 rings (SSSR count). The molecule has 6 nitrogen and oxygen atoms in total. The maximum atomic E-state index is 11.7. The van der Waals surface area contributed by atoms with Gasteiger partial charge in [-0.25, -0.2) is 8.42 Å². The molecule has 1 saturated heterocycles. The highest BCUT2D eigenvalue weighted by molar-refractivity contribution is 7.91. The van der Waals surface area contributed by atoms with Gasteiger partial charge in [0.2, 0.25) is 0 Å². The summed E-state index contributed by atoms with van der Waals surface area (Å²) < 4.78 is 22.5. The van der Waals surface area contributed by atoms with Crippen LogP contribution in [0.25, 0.3) is 0 Å². The largest absolute Gasteiger partial charge is 0.386 e. The Morgan fingerprint density at radius 3 is 2.68 bits per heavy atom. The fraction of sp³-hybridized carbons (Fsp3) is 0.667. The van der Waals surface area contributed by atoms with E-state index in [-0.39, 0.29) is 23.1 Å². The second kappa shape index (κ2) is 6.57. The van der Waals surface area contributed by atoms with Crippen LogP contribution < -0.4 is 10.6 Å². The van der Waals surface area contributed by atoms with Gasteiger partial charge in [0.1, 0.15) is 11.6 Å². The molecule has 106 valence electrons. The number of hydrogen-bond donors (Lipinski definition) is 2. The number of nitriles is 1. The van der Waals surface area contributed by atoms with Crippen molar-refractivity contribution < 1.29 is 13.2 Å². The van der Waals surface area contributed by atoms with Crippen molar-refractivity contribution >= 4 is 15.7 Å². The molecule has 1 atom stereocenters. The van der Waals surface area contributed by atoms with E-state index >= 15 is 0 Å². The molecular formula is C12H19N3O3S. The zero-order valence-corrected chi connectivity index (χ0v) is 12.0. The van der Waals surface area contributed by atoms with Crippen molar-refractivity contribution in [1.29, 1.82) is 5.26 Å². The van der Waals surface area contributed by atoms with Gasteiger partial charge in [-0.2, -0.15) is 5.26 Å². The Morgan fingerprint density at radius 2 is 2.21 bits per heavy atom. The Balaban J connectivity index is 2.53. The quantitative estimate of drug-likeness (QED) is 0.545. The molecule has 0 saturated carbocycles. The summed E-state index contributed by atoms with van der Waals surface area (Å²) >= 11 is 0. The van der Waals surface area contributed by atoms with Crippen molar-refractivity contribution in [3.8, 4) is 6.07 Å². The van der Waals surface area contributed by atoms with Crippen molar-refractivity contribution in [3.63, 3.8) is 0 Å². The lowest BCUT2D eigenvalue weighted by molar-refractivity contribution is -0.117. The van der Waals surface area contributed by atoms with Gasteiger partial charge in [0.05, 0.1) is 11.5 Å². The van der Waals surface area contributed by atoms with Gasteiger partial charge in [0, 0.05) is 18.8 Å². The van der Waals surface area contributed by atoms with E-state index in [1.54, 1.807) is 0 Å². The van der Waals surface area contributed by atoms with E-state index in [0.29, 0.717) is 18.9 Å². The lowest BCUT2D eigenvalue weighted by Crippen LogP contribution is -2.31. The second-order valence-electron chi connectivity index (χ2n) is 5.04. The summed E-state index contributed by atoms with van der Waals surface area (Å²) in [4.78, 5) is 11.7. The van der Waals surface area contributed by atoms with Gasteiger partial charge in [0.15, 0.2) is 9.84 Å². The first kappa shape index (κ1) is 15.5. The zero-order chi connectivity index (χ0) is 14.5. The Bertz CT molecular complexity index is 503. The number of sulfone groups is 1. The Hall–Kier alpha value is -1.55. The molecule has 1 aliphatic heterocycles. The normalized spacial score (nSPS) is 22.0. The lowest BCUT2D eigenvalue weighted by atomic mass is 10.2. The van der Waals surface area contributed by atoms with E-state index in [0.717, 1.165) is 0 Å². The number of rotatable bonds is 5. The van der Waals surface area contributed by atoms with Gasteiger partial charge in [0.25, 0.3) is 5.91 Å². The number of amides is 1. The number of nitrogens with one attached hydrogen (secondary N) is 2. The minimum atomic E-state index is -2.97. The van der Waals surface area contributed by atoms with Crippen molar-refractivity contribution in [1.82, 2.24) is 10.6 Å². The van der Waals surface area contributed by atoms with Crippen LogP contribution in [0, 0.1) is 17.2 Å². The van der Waals surface area contributed by atoms with E-state index in [2.05, 4.69) is 10.6 Å². The van der Waals surface area contributed by atoms with Crippen molar-refractivity contribution in [3.05, 3.63) is 11.8 Å².